The first-order chi connectivity index (χ1) is 6.18. The zero-order valence-electron chi connectivity index (χ0n) is 8.54. The Labute approximate surface area is 79.8 Å². The first-order valence-electron chi connectivity index (χ1n) is 4.66. The molecule has 0 aliphatic carbocycles. The molecule has 0 fully saturated rings. The molecule has 1 heterocycles. The average molecular weight is 176 g/mol. The third kappa shape index (κ3) is 1.42. The van der Waals surface area contributed by atoms with Crippen molar-refractivity contribution in [3.63, 3.8) is 0 Å². The van der Waals surface area contributed by atoms with Gasteiger partial charge < -0.3 is 4.90 Å². The summed E-state index contributed by atoms with van der Waals surface area (Å²) in [5.41, 5.74) is 4.24. The first-order valence-corrected chi connectivity index (χ1v) is 4.66. The summed E-state index contributed by atoms with van der Waals surface area (Å²) in [6.45, 7) is 4.28. The molecule has 0 saturated heterocycles. The van der Waals surface area contributed by atoms with E-state index in [1.165, 1.54) is 16.8 Å². The normalized spacial score (nSPS) is 17.3. The quantitative estimate of drug-likeness (QED) is 0.595. The average Bonchev–Trinajstić information content (AvgIpc) is 2.02. The van der Waals surface area contributed by atoms with Crippen LogP contribution in [-0.2, 0) is 6.54 Å². The maximum atomic E-state index is 2.32. The Hall–Kier alpha value is -1.02. The van der Waals surface area contributed by atoms with Gasteiger partial charge in [-0.2, -0.15) is 0 Å². The van der Waals surface area contributed by atoms with Crippen molar-refractivity contribution in [2.24, 2.45) is 0 Å². The molecule has 0 atom stereocenters. The van der Waals surface area contributed by atoms with Crippen molar-refractivity contribution in [1.82, 2.24) is 4.90 Å². The fraction of sp³-hybridized carbons (Fsp3) is 0.455. The van der Waals surface area contributed by atoms with Gasteiger partial charge in [-0.05, 0) is 25.1 Å². The van der Waals surface area contributed by atoms with Gasteiger partial charge in [-0.1, -0.05) is 18.2 Å². The molecular formula is C11H16N2. The summed E-state index contributed by atoms with van der Waals surface area (Å²) in [5.74, 6) is 0. The highest BCUT2D eigenvalue weighted by Crippen LogP contribution is 2.28. The van der Waals surface area contributed by atoms with Crippen molar-refractivity contribution in [2.45, 2.75) is 13.5 Å². The molecule has 1 aliphatic rings. The van der Waals surface area contributed by atoms with Crippen LogP contribution in [0.25, 0.3) is 0 Å². The van der Waals surface area contributed by atoms with Gasteiger partial charge in [-0.15, -0.1) is 0 Å². The molecule has 0 amide bonds. The van der Waals surface area contributed by atoms with Crippen molar-refractivity contribution in [2.75, 3.05) is 25.7 Å². The molecule has 0 radical (unpaired) electrons. The Morgan fingerprint density at radius 2 is 2.00 bits per heavy atom. The summed E-state index contributed by atoms with van der Waals surface area (Å²) < 4.78 is 0. The zero-order valence-corrected chi connectivity index (χ0v) is 8.54. The Bertz CT molecular complexity index is 320. The molecule has 0 bridgehead atoms. The van der Waals surface area contributed by atoms with Crippen LogP contribution in [0.4, 0.5) is 5.69 Å². The Balaban J connectivity index is 2.49. The number of para-hydroxylation sites is 1. The first kappa shape index (κ1) is 8.57. The number of fused-ring (bicyclic) bond motifs is 1. The van der Waals surface area contributed by atoms with Crippen molar-refractivity contribution >= 4 is 5.69 Å². The van der Waals surface area contributed by atoms with Gasteiger partial charge >= 0.3 is 0 Å². The number of aryl methyl sites for hydroxylation is 1. The van der Waals surface area contributed by atoms with E-state index in [1.807, 2.05) is 0 Å². The molecule has 0 spiro atoms. The van der Waals surface area contributed by atoms with Crippen LogP contribution < -0.4 is 4.90 Å². The molecule has 0 unspecified atom stereocenters. The lowest BCUT2D eigenvalue weighted by atomic mass is 10.1. The monoisotopic (exact) mass is 176 g/mol. The Morgan fingerprint density at radius 1 is 1.23 bits per heavy atom. The Morgan fingerprint density at radius 3 is 2.77 bits per heavy atom. The topological polar surface area (TPSA) is 6.48 Å². The number of benzene rings is 1. The molecule has 2 rings (SSSR count). The lowest BCUT2D eigenvalue weighted by Gasteiger charge is -2.35. The summed E-state index contributed by atoms with van der Waals surface area (Å²) in [6, 6.07) is 6.54. The van der Waals surface area contributed by atoms with E-state index < -0.39 is 0 Å². The minimum atomic E-state index is 1.03. The smallest absolute Gasteiger partial charge is 0.0704 e. The third-order valence-corrected chi connectivity index (χ3v) is 2.60. The van der Waals surface area contributed by atoms with Gasteiger partial charge in [0.2, 0.25) is 0 Å². The van der Waals surface area contributed by atoms with Gasteiger partial charge in [0.1, 0.15) is 0 Å². The van der Waals surface area contributed by atoms with Gasteiger partial charge in [-0.25, -0.2) is 0 Å². The van der Waals surface area contributed by atoms with Crippen LogP contribution in [0, 0.1) is 6.92 Å². The summed E-state index contributed by atoms with van der Waals surface area (Å²) in [7, 11) is 4.31. The van der Waals surface area contributed by atoms with E-state index in [1.54, 1.807) is 0 Å². The predicted octanol–water partition coefficient (Wildman–Crippen LogP) is 1.83. The van der Waals surface area contributed by atoms with Crippen LogP contribution in [0.1, 0.15) is 11.1 Å². The summed E-state index contributed by atoms with van der Waals surface area (Å²) in [4.78, 5) is 4.63. The van der Waals surface area contributed by atoms with Crippen LogP contribution in [0.2, 0.25) is 0 Å². The van der Waals surface area contributed by atoms with Crippen molar-refractivity contribution in [3.8, 4) is 0 Å². The predicted molar refractivity (Wildman–Crippen MR) is 55.9 cm³/mol. The highest BCUT2D eigenvalue weighted by molar-refractivity contribution is 5.59. The van der Waals surface area contributed by atoms with Gasteiger partial charge in [0.15, 0.2) is 0 Å². The minimum Gasteiger partial charge on any atom is -0.361 e. The van der Waals surface area contributed by atoms with Crippen LogP contribution in [0.3, 0.4) is 0 Å². The van der Waals surface area contributed by atoms with Crippen LogP contribution in [0.15, 0.2) is 18.2 Å². The van der Waals surface area contributed by atoms with Crippen molar-refractivity contribution in [3.05, 3.63) is 29.3 Å². The van der Waals surface area contributed by atoms with E-state index in [4.69, 9.17) is 0 Å². The van der Waals surface area contributed by atoms with E-state index >= 15 is 0 Å². The molecule has 1 aliphatic heterocycles. The Kier molecular flexibility index (Phi) is 2.00. The molecule has 2 heteroatoms. The highest BCUT2D eigenvalue weighted by Gasteiger charge is 2.17. The fourth-order valence-electron chi connectivity index (χ4n) is 2.17. The second kappa shape index (κ2) is 3.04. The molecule has 70 valence electrons. The van der Waals surface area contributed by atoms with Crippen molar-refractivity contribution in [1.29, 1.82) is 0 Å². The third-order valence-electron chi connectivity index (χ3n) is 2.60. The molecule has 1 aromatic carbocycles. The van der Waals surface area contributed by atoms with Crippen LogP contribution in [0.5, 0.6) is 0 Å². The van der Waals surface area contributed by atoms with E-state index in [9.17, 15) is 0 Å². The highest BCUT2D eigenvalue weighted by atomic mass is 15.3. The van der Waals surface area contributed by atoms with Crippen molar-refractivity contribution < 1.29 is 0 Å². The second-order valence-corrected chi connectivity index (χ2v) is 3.94. The number of hydrogen-bond acceptors (Lipinski definition) is 2. The van der Waals surface area contributed by atoms with Gasteiger partial charge in [0.05, 0.1) is 6.67 Å². The molecular weight excluding hydrogens is 160 g/mol. The lowest BCUT2D eigenvalue weighted by Crippen LogP contribution is -2.38. The standard InChI is InChI=1S/C11H16N2/c1-9-5-4-6-10-7-12(2)8-13(3)11(9)10/h4-6H,7-8H2,1-3H3. The molecule has 0 saturated carbocycles. The van der Waals surface area contributed by atoms with E-state index in [0.29, 0.717) is 0 Å². The number of rotatable bonds is 0. The molecule has 0 N–H and O–H groups in total. The van der Waals surface area contributed by atoms with Gasteiger partial charge in [0, 0.05) is 19.3 Å². The van der Waals surface area contributed by atoms with Crippen LogP contribution in [-0.4, -0.2) is 25.7 Å². The number of nitrogens with zero attached hydrogens (tertiary/aromatic N) is 2. The SMILES string of the molecule is Cc1cccc2c1N(C)CN(C)C2. The molecule has 0 aromatic heterocycles. The van der Waals surface area contributed by atoms with Crippen LogP contribution >= 0.6 is 0 Å². The largest absolute Gasteiger partial charge is 0.361 e. The maximum absolute atomic E-state index is 2.32. The summed E-state index contributed by atoms with van der Waals surface area (Å²) in [6.07, 6.45) is 0. The second-order valence-electron chi connectivity index (χ2n) is 3.94. The molecule has 1 aromatic rings. The summed E-state index contributed by atoms with van der Waals surface area (Å²) in [5, 5.41) is 0. The number of hydrogen-bond donors (Lipinski definition) is 0. The summed E-state index contributed by atoms with van der Waals surface area (Å²) >= 11 is 0. The zero-order chi connectivity index (χ0) is 9.42. The van der Waals surface area contributed by atoms with E-state index in [0.717, 1.165) is 13.2 Å². The molecule has 2 nitrogen and oxygen atoms in total. The maximum Gasteiger partial charge on any atom is 0.0704 e. The molecule has 13 heavy (non-hydrogen) atoms. The van der Waals surface area contributed by atoms with E-state index in [2.05, 4.69) is 49.0 Å². The lowest BCUT2D eigenvalue weighted by molar-refractivity contribution is 0.316. The van der Waals surface area contributed by atoms with E-state index in [-0.39, 0.29) is 0 Å². The number of anilines is 1. The fourth-order valence-corrected chi connectivity index (χ4v) is 2.17. The van der Waals surface area contributed by atoms with Gasteiger partial charge in [-0.3, -0.25) is 4.90 Å². The van der Waals surface area contributed by atoms with Gasteiger partial charge in [0.25, 0.3) is 0 Å². The minimum absolute atomic E-state index is 1.03.